The molecule has 1 aliphatic heterocycles. The third kappa shape index (κ3) is 3.14. The van der Waals surface area contributed by atoms with Gasteiger partial charge in [0.2, 0.25) is 0 Å². The maximum atomic E-state index is 10.8. The number of hydrogen-bond acceptors (Lipinski definition) is 4. The van der Waals surface area contributed by atoms with Crippen LogP contribution in [0.3, 0.4) is 0 Å². The second-order valence-corrected chi connectivity index (χ2v) is 6.48. The molecular formula is C20H22NO4+. The molecule has 0 unspecified atom stereocenters. The van der Waals surface area contributed by atoms with Crippen molar-refractivity contribution in [1.82, 2.24) is 0 Å². The maximum absolute atomic E-state index is 10.8. The zero-order chi connectivity index (χ0) is 17.2. The summed E-state index contributed by atoms with van der Waals surface area (Å²) in [4.78, 5) is 1.36. The van der Waals surface area contributed by atoms with Crippen LogP contribution >= 0.6 is 0 Å². The van der Waals surface area contributed by atoms with Crippen LogP contribution in [0.2, 0.25) is 0 Å². The topological polar surface area (TPSA) is 67.3 Å². The SMILES string of the molecule is Oc1ccc2occ([C@H](O)c3ccccc3)c2c1C[NH+]1CCOCC1. The van der Waals surface area contributed by atoms with Gasteiger partial charge in [-0.1, -0.05) is 30.3 Å². The molecule has 3 aromatic rings. The van der Waals surface area contributed by atoms with Crippen LogP contribution in [0.5, 0.6) is 5.75 Å². The highest BCUT2D eigenvalue weighted by molar-refractivity contribution is 5.87. The summed E-state index contributed by atoms with van der Waals surface area (Å²) in [5, 5.41) is 22.1. The van der Waals surface area contributed by atoms with Gasteiger partial charge in [-0.15, -0.1) is 0 Å². The Morgan fingerprint density at radius 2 is 1.80 bits per heavy atom. The predicted molar refractivity (Wildman–Crippen MR) is 93.6 cm³/mol. The van der Waals surface area contributed by atoms with E-state index in [2.05, 4.69) is 0 Å². The largest absolute Gasteiger partial charge is 0.507 e. The number of ether oxygens (including phenoxy) is 1. The lowest BCUT2D eigenvalue weighted by Gasteiger charge is -2.24. The number of phenols is 1. The van der Waals surface area contributed by atoms with Crippen molar-refractivity contribution in [2.75, 3.05) is 26.3 Å². The fraction of sp³-hybridized carbons (Fsp3) is 0.300. The predicted octanol–water partition coefficient (Wildman–Crippen LogP) is 1.64. The van der Waals surface area contributed by atoms with Crippen LogP contribution < -0.4 is 4.90 Å². The molecular weight excluding hydrogens is 318 g/mol. The maximum Gasteiger partial charge on any atom is 0.135 e. The highest BCUT2D eigenvalue weighted by atomic mass is 16.5. The number of morpholine rings is 1. The number of phenolic OH excluding ortho intramolecular Hbond substituents is 1. The zero-order valence-electron chi connectivity index (χ0n) is 13.9. The molecule has 1 aromatic heterocycles. The highest BCUT2D eigenvalue weighted by Gasteiger charge is 2.24. The van der Waals surface area contributed by atoms with E-state index in [1.807, 2.05) is 30.3 Å². The van der Waals surface area contributed by atoms with Crippen LogP contribution in [0.1, 0.15) is 22.8 Å². The summed E-state index contributed by atoms with van der Waals surface area (Å²) in [5.41, 5.74) is 3.01. The van der Waals surface area contributed by atoms with E-state index in [9.17, 15) is 10.2 Å². The number of quaternary nitrogens is 1. The van der Waals surface area contributed by atoms with E-state index < -0.39 is 6.10 Å². The summed E-state index contributed by atoms with van der Waals surface area (Å²) >= 11 is 0. The Morgan fingerprint density at radius 1 is 1.04 bits per heavy atom. The van der Waals surface area contributed by atoms with Gasteiger partial charge in [0.1, 0.15) is 37.1 Å². The first-order chi connectivity index (χ1) is 12.2. The lowest BCUT2D eigenvalue weighted by molar-refractivity contribution is -0.921. The van der Waals surface area contributed by atoms with Gasteiger partial charge in [-0.2, -0.15) is 0 Å². The molecule has 25 heavy (non-hydrogen) atoms. The molecule has 0 aliphatic carbocycles. The van der Waals surface area contributed by atoms with Crippen molar-refractivity contribution < 1.29 is 24.3 Å². The molecule has 1 atom stereocenters. The van der Waals surface area contributed by atoms with Crippen molar-refractivity contribution in [3.63, 3.8) is 0 Å². The highest BCUT2D eigenvalue weighted by Crippen LogP contribution is 2.36. The summed E-state index contributed by atoms with van der Waals surface area (Å²) in [6, 6.07) is 12.9. The first-order valence-corrected chi connectivity index (χ1v) is 8.60. The molecule has 5 nitrogen and oxygen atoms in total. The molecule has 2 heterocycles. The first kappa shape index (κ1) is 16.1. The molecule has 0 spiro atoms. The van der Waals surface area contributed by atoms with Crippen molar-refractivity contribution in [2.45, 2.75) is 12.6 Å². The van der Waals surface area contributed by atoms with Gasteiger partial charge in [-0.3, -0.25) is 0 Å². The van der Waals surface area contributed by atoms with E-state index in [1.165, 1.54) is 4.90 Å². The van der Waals surface area contributed by atoms with Gasteiger partial charge in [0.25, 0.3) is 0 Å². The fourth-order valence-electron chi connectivity index (χ4n) is 3.50. The van der Waals surface area contributed by atoms with E-state index >= 15 is 0 Å². The number of hydrogen-bond donors (Lipinski definition) is 3. The molecule has 2 aromatic carbocycles. The number of furan rings is 1. The van der Waals surface area contributed by atoms with Gasteiger partial charge in [-0.25, -0.2) is 0 Å². The zero-order valence-corrected chi connectivity index (χ0v) is 13.9. The van der Waals surface area contributed by atoms with E-state index in [0.717, 1.165) is 42.8 Å². The van der Waals surface area contributed by atoms with Crippen LogP contribution in [0.15, 0.2) is 53.1 Å². The molecule has 0 saturated carbocycles. The van der Waals surface area contributed by atoms with E-state index in [4.69, 9.17) is 9.15 Å². The number of benzene rings is 2. The third-order valence-electron chi connectivity index (χ3n) is 4.89. The molecule has 4 rings (SSSR count). The number of fused-ring (bicyclic) bond motifs is 1. The smallest absolute Gasteiger partial charge is 0.135 e. The number of aliphatic hydroxyl groups excluding tert-OH is 1. The Morgan fingerprint density at radius 3 is 2.56 bits per heavy atom. The van der Waals surface area contributed by atoms with Crippen molar-refractivity contribution >= 4 is 11.0 Å². The van der Waals surface area contributed by atoms with Crippen LogP contribution in [0, 0.1) is 0 Å². The van der Waals surface area contributed by atoms with Crippen LogP contribution in [-0.2, 0) is 11.3 Å². The van der Waals surface area contributed by atoms with Gasteiger partial charge in [-0.05, 0) is 17.7 Å². The molecule has 0 bridgehead atoms. The Hall–Kier alpha value is -2.34. The minimum atomic E-state index is -0.789. The van der Waals surface area contributed by atoms with Crippen LogP contribution in [0.4, 0.5) is 0 Å². The normalized spacial score (nSPS) is 17.0. The molecule has 3 N–H and O–H groups in total. The first-order valence-electron chi connectivity index (χ1n) is 8.60. The third-order valence-corrected chi connectivity index (χ3v) is 4.89. The van der Waals surface area contributed by atoms with Crippen molar-refractivity contribution in [3.05, 3.63) is 65.4 Å². The Labute approximate surface area is 146 Å². The van der Waals surface area contributed by atoms with E-state index in [-0.39, 0.29) is 5.75 Å². The summed E-state index contributed by atoms with van der Waals surface area (Å²) in [7, 11) is 0. The molecule has 1 saturated heterocycles. The molecule has 5 heteroatoms. The van der Waals surface area contributed by atoms with Crippen molar-refractivity contribution in [2.24, 2.45) is 0 Å². The fourth-order valence-corrected chi connectivity index (χ4v) is 3.50. The van der Waals surface area contributed by atoms with Crippen molar-refractivity contribution in [1.29, 1.82) is 0 Å². The van der Waals surface area contributed by atoms with E-state index in [0.29, 0.717) is 17.7 Å². The molecule has 0 amide bonds. The van der Waals surface area contributed by atoms with E-state index in [1.54, 1.807) is 18.4 Å². The number of aromatic hydroxyl groups is 1. The quantitative estimate of drug-likeness (QED) is 0.675. The monoisotopic (exact) mass is 340 g/mol. The van der Waals surface area contributed by atoms with Crippen LogP contribution in [0.25, 0.3) is 11.0 Å². The summed E-state index contributed by atoms with van der Waals surface area (Å²) in [6.45, 7) is 3.96. The lowest BCUT2D eigenvalue weighted by Crippen LogP contribution is -3.12. The van der Waals surface area contributed by atoms with Crippen LogP contribution in [-0.4, -0.2) is 36.5 Å². The molecule has 1 aliphatic rings. The number of nitrogens with one attached hydrogen (secondary N) is 1. The second-order valence-electron chi connectivity index (χ2n) is 6.48. The van der Waals surface area contributed by atoms with Gasteiger partial charge in [0.05, 0.1) is 25.0 Å². The molecule has 130 valence electrons. The standard InChI is InChI=1S/C20H21NO4/c22-17-6-7-18-19(15(17)12-21-8-10-24-11-9-21)16(13-25-18)20(23)14-4-2-1-3-5-14/h1-7,13,20,22-23H,8-12H2/p+1/t20-/m1/s1. The summed E-state index contributed by atoms with van der Waals surface area (Å²) in [5.74, 6) is 0.245. The Balaban J connectivity index is 1.76. The Bertz CT molecular complexity index is 853. The number of rotatable bonds is 4. The molecule has 1 fully saturated rings. The minimum absolute atomic E-state index is 0.245. The lowest BCUT2D eigenvalue weighted by atomic mass is 9.97. The molecule has 0 radical (unpaired) electrons. The van der Waals surface area contributed by atoms with Crippen molar-refractivity contribution in [3.8, 4) is 5.75 Å². The average Bonchev–Trinajstić information content (AvgIpc) is 3.09. The number of aliphatic hydroxyl groups is 1. The average molecular weight is 340 g/mol. The Kier molecular flexibility index (Phi) is 4.44. The minimum Gasteiger partial charge on any atom is -0.507 e. The van der Waals surface area contributed by atoms with Gasteiger partial charge in [0, 0.05) is 10.9 Å². The van der Waals surface area contributed by atoms with Gasteiger partial charge < -0.3 is 24.3 Å². The summed E-state index contributed by atoms with van der Waals surface area (Å²) in [6.07, 6.45) is 0.808. The second kappa shape index (κ2) is 6.88. The van der Waals surface area contributed by atoms with Gasteiger partial charge in [0.15, 0.2) is 0 Å². The summed E-state index contributed by atoms with van der Waals surface area (Å²) < 4.78 is 11.1. The van der Waals surface area contributed by atoms with Gasteiger partial charge >= 0.3 is 0 Å².